The van der Waals surface area contributed by atoms with Gasteiger partial charge in [-0.2, -0.15) is 0 Å². The number of carbonyl (C=O) groups excluding carboxylic acids is 2. The van der Waals surface area contributed by atoms with Crippen molar-refractivity contribution in [2.45, 2.75) is 71.1 Å². The molecule has 2 aromatic carbocycles. The monoisotopic (exact) mass is 523 g/mol. The Morgan fingerprint density at radius 2 is 1.70 bits per heavy atom. The maximum absolute atomic E-state index is 13.8. The van der Waals surface area contributed by atoms with E-state index in [4.69, 9.17) is 11.6 Å². The van der Waals surface area contributed by atoms with Gasteiger partial charge in [-0.25, -0.2) is 4.39 Å². The Morgan fingerprint density at radius 1 is 1.00 bits per heavy atom. The molecule has 3 aromatic rings. The number of hydrogen-bond donors (Lipinski definition) is 0. The number of aromatic nitrogens is 1. The fourth-order valence-corrected chi connectivity index (χ4v) is 5.22. The van der Waals surface area contributed by atoms with Crippen LogP contribution in [0.25, 0.3) is 0 Å². The highest BCUT2D eigenvalue weighted by molar-refractivity contribution is 6.31. The van der Waals surface area contributed by atoms with E-state index in [2.05, 4.69) is 4.57 Å². The molecule has 7 heteroatoms. The molecule has 0 N–H and O–H groups in total. The lowest BCUT2D eigenvalue weighted by Gasteiger charge is -2.37. The van der Waals surface area contributed by atoms with Crippen LogP contribution in [-0.4, -0.2) is 44.8 Å². The third-order valence-electron chi connectivity index (χ3n) is 7.17. The summed E-state index contributed by atoms with van der Waals surface area (Å²) in [4.78, 5) is 30.6. The van der Waals surface area contributed by atoms with Crippen molar-refractivity contribution in [2.24, 2.45) is 0 Å². The average Bonchev–Trinajstić information content (AvgIpc) is 3.34. The Morgan fingerprint density at radius 3 is 2.38 bits per heavy atom. The molecule has 0 unspecified atom stereocenters. The number of carbonyl (C=O) groups is 2. The van der Waals surface area contributed by atoms with Gasteiger partial charge in [-0.1, -0.05) is 49.1 Å². The molecule has 5 nitrogen and oxygen atoms in total. The van der Waals surface area contributed by atoms with E-state index in [9.17, 15) is 14.0 Å². The third kappa shape index (κ3) is 6.80. The summed E-state index contributed by atoms with van der Waals surface area (Å²) < 4.78 is 15.5. The molecule has 1 aromatic heterocycles. The molecule has 196 valence electrons. The van der Waals surface area contributed by atoms with Gasteiger partial charge in [0.05, 0.1) is 6.54 Å². The Hall–Kier alpha value is -3.12. The predicted molar refractivity (Wildman–Crippen MR) is 145 cm³/mol. The lowest BCUT2D eigenvalue weighted by molar-refractivity contribution is -0.136. The zero-order valence-electron chi connectivity index (χ0n) is 21.6. The van der Waals surface area contributed by atoms with Crippen LogP contribution >= 0.6 is 11.6 Å². The molecule has 1 aliphatic rings. The van der Waals surface area contributed by atoms with Crippen molar-refractivity contribution >= 4 is 23.4 Å². The largest absolute Gasteiger partial charge is 0.345 e. The van der Waals surface area contributed by atoms with E-state index in [1.54, 1.807) is 4.90 Å². The maximum Gasteiger partial charge on any atom is 0.254 e. The van der Waals surface area contributed by atoms with Crippen molar-refractivity contribution in [2.75, 3.05) is 6.54 Å². The normalized spacial score (nSPS) is 14.1. The average molecular weight is 524 g/mol. The van der Waals surface area contributed by atoms with Crippen LogP contribution in [0.15, 0.2) is 66.9 Å². The zero-order valence-corrected chi connectivity index (χ0v) is 22.3. The van der Waals surface area contributed by atoms with Crippen molar-refractivity contribution in [3.05, 3.63) is 94.5 Å². The van der Waals surface area contributed by atoms with E-state index < -0.39 is 5.82 Å². The summed E-state index contributed by atoms with van der Waals surface area (Å²) in [6, 6.07) is 17.3. The Balaban J connectivity index is 1.55. The Kier molecular flexibility index (Phi) is 9.04. The van der Waals surface area contributed by atoms with Gasteiger partial charge in [0.2, 0.25) is 5.91 Å². The van der Waals surface area contributed by atoms with Gasteiger partial charge in [0.15, 0.2) is 0 Å². The standard InChI is InChI=1S/C30H35ClFN3O2/c1-22(2)34(30(37)23-14-16-25(32)17-15-23)21-29(36)35(26-10-4-3-5-11-26)20-27-12-8-18-33(27)19-24-9-6-7-13-28(24)31/h6-9,12-18,22,26H,3-5,10-11,19-21H2,1-2H3. The van der Waals surface area contributed by atoms with E-state index in [1.807, 2.05) is 61.3 Å². The minimum Gasteiger partial charge on any atom is -0.345 e. The molecule has 37 heavy (non-hydrogen) atoms. The number of amides is 2. The highest BCUT2D eigenvalue weighted by Crippen LogP contribution is 2.26. The van der Waals surface area contributed by atoms with Crippen molar-refractivity contribution in [1.29, 1.82) is 0 Å². The SMILES string of the molecule is CC(C)N(CC(=O)N(Cc1cccn1Cc1ccccc1Cl)C1CCCCC1)C(=O)c1ccc(F)cc1. The number of hydrogen-bond acceptors (Lipinski definition) is 2. The number of benzene rings is 2. The van der Waals surface area contributed by atoms with Crippen LogP contribution in [0, 0.1) is 5.82 Å². The molecule has 1 aliphatic carbocycles. The van der Waals surface area contributed by atoms with E-state index in [0.29, 0.717) is 23.7 Å². The van der Waals surface area contributed by atoms with E-state index >= 15 is 0 Å². The molecule has 4 rings (SSSR count). The Labute approximate surface area is 223 Å². The molecule has 0 atom stereocenters. The van der Waals surface area contributed by atoms with Crippen LogP contribution in [0.5, 0.6) is 0 Å². The molecule has 0 bridgehead atoms. The highest BCUT2D eigenvalue weighted by atomic mass is 35.5. The topological polar surface area (TPSA) is 45.6 Å². The summed E-state index contributed by atoms with van der Waals surface area (Å²) in [5, 5.41) is 0.717. The van der Waals surface area contributed by atoms with Gasteiger partial charge < -0.3 is 14.4 Å². The molecule has 1 saturated carbocycles. The van der Waals surface area contributed by atoms with Crippen LogP contribution in [0.2, 0.25) is 5.02 Å². The predicted octanol–water partition coefficient (Wildman–Crippen LogP) is 6.54. The Bertz CT molecular complexity index is 1200. The molecular weight excluding hydrogens is 489 g/mol. The number of nitrogens with zero attached hydrogens (tertiary/aromatic N) is 3. The first-order valence-corrected chi connectivity index (χ1v) is 13.4. The van der Waals surface area contributed by atoms with Crippen LogP contribution in [0.4, 0.5) is 4.39 Å². The number of halogens is 2. The van der Waals surface area contributed by atoms with Gasteiger partial charge in [0, 0.05) is 41.1 Å². The summed E-state index contributed by atoms with van der Waals surface area (Å²) in [6.45, 7) is 4.87. The smallest absolute Gasteiger partial charge is 0.254 e. The summed E-state index contributed by atoms with van der Waals surface area (Å²) in [5.74, 6) is -0.734. The quantitative estimate of drug-likeness (QED) is 0.319. The van der Waals surface area contributed by atoms with Gasteiger partial charge in [0.1, 0.15) is 12.4 Å². The molecule has 2 amide bonds. The lowest BCUT2D eigenvalue weighted by Crippen LogP contribution is -2.49. The molecule has 0 aliphatic heterocycles. The van der Waals surface area contributed by atoms with Gasteiger partial charge in [-0.3, -0.25) is 9.59 Å². The van der Waals surface area contributed by atoms with Crippen molar-refractivity contribution in [3.63, 3.8) is 0 Å². The van der Waals surface area contributed by atoms with Crippen LogP contribution in [0.1, 0.15) is 67.6 Å². The second-order valence-corrected chi connectivity index (χ2v) is 10.5. The fourth-order valence-electron chi connectivity index (χ4n) is 5.03. The second-order valence-electron chi connectivity index (χ2n) is 10.1. The third-order valence-corrected chi connectivity index (χ3v) is 7.54. The van der Waals surface area contributed by atoms with Crippen molar-refractivity contribution < 1.29 is 14.0 Å². The van der Waals surface area contributed by atoms with Crippen LogP contribution in [0.3, 0.4) is 0 Å². The molecule has 1 heterocycles. The summed E-state index contributed by atoms with van der Waals surface area (Å²) >= 11 is 6.41. The number of rotatable bonds is 9. The highest BCUT2D eigenvalue weighted by Gasteiger charge is 2.30. The van der Waals surface area contributed by atoms with Crippen LogP contribution < -0.4 is 0 Å². The van der Waals surface area contributed by atoms with E-state index in [0.717, 1.165) is 36.9 Å². The maximum atomic E-state index is 13.8. The van der Waals surface area contributed by atoms with Crippen molar-refractivity contribution in [3.8, 4) is 0 Å². The minimum absolute atomic E-state index is 0.0183. The van der Waals surface area contributed by atoms with Gasteiger partial charge >= 0.3 is 0 Å². The zero-order chi connectivity index (χ0) is 26.4. The van der Waals surface area contributed by atoms with Crippen LogP contribution in [-0.2, 0) is 17.9 Å². The first kappa shape index (κ1) is 26.9. The molecule has 0 radical (unpaired) electrons. The lowest BCUT2D eigenvalue weighted by atomic mass is 9.94. The first-order valence-electron chi connectivity index (χ1n) is 13.1. The van der Waals surface area contributed by atoms with Crippen molar-refractivity contribution in [1.82, 2.24) is 14.4 Å². The van der Waals surface area contributed by atoms with Gasteiger partial charge in [-0.15, -0.1) is 0 Å². The first-order chi connectivity index (χ1) is 17.8. The summed E-state index contributed by atoms with van der Waals surface area (Å²) in [7, 11) is 0. The molecule has 0 spiro atoms. The molecule has 1 fully saturated rings. The second kappa shape index (κ2) is 12.4. The van der Waals surface area contributed by atoms with E-state index in [1.165, 1.54) is 30.7 Å². The summed E-state index contributed by atoms with van der Waals surface area (Å²) in [5.41, 5.74) is 2.42. The van der Waals surface area contributed by atoms with Gasteiger partial charge in [-0.05, 0) is 74.7 Å². The molecular formula is C30H35ClFN3O2. The van der Waals surface area contributed by atoms with Gasteiger partial charge in [0.25, 0.3) is 5.91 Å². The summed E-state index contributed by atoms with van der Waals surface area (Å²) in [6.07, 6.45) is 7.31. The fraction of sp³-hybridized carbons (Fsp3) is 0.400. The molecule has 0 saturated heterocycles. The van der Waals surface area contributed by atoms with E-state index in [-0.39, 0.29) is 30.4 Å². The minimum atomic E-state index is -0.396.